The van der Waals surface area contributed by atoms with Crippen LogP contribution in [0.1, 0.15) is 73.4 Å². The van der Waals surface area contributed by atoms with Crippen molar-refractivity contribution in [3.05, 3.63) is 71.8 Å². The molecule has 0 aromatic heterocycles. The van der Waals surface area contributed by atoms with Gasteiger partial charge in [0.25, 0.3) is 0 Å². The summed E-state index contributed by atoms with van der Waals surface area (Å²) in [7, 11) is 0. The van der Waals surface area contributed by atoms with Crippen molar-refractivity contribution in [1.29, 1.82) is 0 Å². The second kappa shape index (κ2) is 20.6. The largest absolute Gasteiger partial charge is 0.459 e. The van der Waals surface area contributed by atoms with Gasteiger partial charge in [-0.05, 0) is 42.7 Å². The van der Waals surface area contributed by atoms with Crippen LogP contribution < -0.4 is 11.1 Å². The number of esters is 2. The topological polar surface area (TPSA) is 238 Å². The second-order valence-corrected chi connectivity index (χ2v) is 17.5. The van der Waals surface area contributed by atoms with Gasteiger partial charge >= 0.3 is 18.0 Å². The van der Waals surface area contributed by atoms with Crippen LogP contribution in [0.4, 0.5) is 4.79 Å². The van der Waals surface area contributed by atoms with E-state index in [0.717, 1.165) is 20.9 Å². The summed E-state index contributed by atoms with van der Waals surface area (Å²) in [5.74, 6) is -2.72. The van der Waals surface area contributed by atoms with Crippen LogP contribution in [0.2, 0.25) is 0 Å². The average Bonchev–Trinajstić information content (AvgIpc) is 3.60. The highest BCUT2D eigenvalue weighted by Crippen LogP contribution is 2.28. The lowest BCUT2D eigenvalue weighted by Crippen LogP contribution is -2.58. The van der Waals surface area contributed by atoms with Crippen LogP contribution in [0.15, 0.2) is 60.7 Å². The maximum Gasteiger partial charge on any atom is 0.408 e. The maximum absolute atomic E-state index is 13.4. The number of aliphatic hydroxyl groups excluding tert-OH is 4. The van der Waals surface area contributed by atoms with E-state index in [2.05, 4.69) is 5.32 Å². The van der Waals surface area contributed by atoms with Crippen molar-refractivity contribution in [2.45, 2.75) is 130 Å². The lowest BCUT2D eigenvalue weighted by atomic mass is 9.85. The van der Waals surface area contributed by atoms with Gasteiger partial charge in [-0.15, -0.1) is 12.4 Å². The van der Waals surface area contributed by atoms with E-state index < -0.39 is 94.9 Å². The van der Waals surface area contributed by atoms with E-state index >= 15 is 0 Å². The summed E-state index contributed by atoms with van der Waals surface area (Å²) < 4.78 is 15.8. The van der Waals surface area contributed by atoms with E-state index in [-0.39, 0.29) is 38.7 Å². The number of alkyl carbamates (subject to hydrolysis) is 1. The fourth-order valence-electron chi connectivity index (χ4n) is 6.04. The number of likely N-dealkylation sites (tertiary alicyclic amines) is 2. The molecule has 2 aliphatic heterocycles. The standard InChI is InChI=1S/C23H34N2O7.C18H26N2O5.ClH/c1-22(2,3)18(24-21(30)32-23(4,5)6)19(28)25-12-15(26)17(27)16(25)20(29)31-13-14-10-8-7-9-11-14;1-18(2,3)15(19)16(23)20-9-12(21)14(22)13(20)17(24)25-10-11-7-5-4-6-8-11;/h7-11,15-18,26-27H,12-13H2,1-6H3,(H,24,30);4-8,12-15,21-22H,9-10,19H2,1-3H3;1H/t15-,16-,17-,18+;12-,13-,14-,15+;/m00./s1. The highest BCUT2D eigenvalue weighted by Gasteiger charge is 2.51. The van der Waals surface area contributed by atoms with Crippen LogP contribution in [0, 0.1) is 10.8 Å². The predicted molar refractivity (Wildman–Crippen MR) is 215 cm³/mol. The number of aliphatic hydroxyl groups is 4. The molecule has 16 nitrogen and oxygen atoms in total. The lowest BCUT2D eigenvalue weighted by Gasteiger charge is -2.35. The smallest absolute Gasteiger partial charge is 0.408 e. The fraction of sp³-hybridized carbons (Fsp3) is 0.585. The zero-order chi connectivity index (χ0) is 43.0. The zero-order valence-electron chi connectivity index (χ0n) is 34.7. The number of nitrogens with zero attached hydrogens (tertiary/aromatic N) is 2. The monoisotopic (exact) mass is 836 g/mol. The Morgan fingerprint density at radius 2 is 1.05 bits per heavy atom. The summed E-state index contributed by atoms with van der Waals surface area (Å²) in [4.78, 5) is 65.8. The first kappa shape index (κ1) is 49.8. The van der Waals surface area contributed by atoms with Gasteiger partial charge in [0.05, 0.1) is 19.1 Å². The minimum absolute atomic E-state index is 0. The SMILES string of the molecule is CC(C)(C)OC(=O)N[C@H](C(=O)N1C[C@H](O)[C@H](O)[C@H]1C(=O)OCc1ccccc1)C(C)(C)C.CC(C)(C)[C@H](N)C(=O)N1C[C@H](O)[C@H](O)[C@H]1C(=O)OCc1ccccc1.Cl. The average molecular weight is 837 g/mol. The van der Waals surface area contributed by atoms with Gasteiger partial charge in [-0.1, -0.05) is 102 Å². The molecule has 0 bridgehead atoms. The number of hydrogen-bond acceptors (Lipinski definition) is 13. The predicted octanol–water partition coefficient (Wildman–Crippen LogP) is 2.06. The maximum atomic E-state index is 13.4. The van der Waals surface area contributed by atoms with Gasteiger partial charge in [-0.3, -0.25) is 9.59 Å². The number of amides is 3. The number of benzene rings is 2. The van der Waals surface area contributed by atoms with Crippen molar-refractivity contribution in [1.82, 2.24) is 15.1 Å². The zero-order valence-corrected chi connectivity index (χ0v) is 35.5. The quantitative estimate of drug-likeness (QED) is 0.157. The van der Waals surface area contributed by atoms with Gasteiger partial charge in [0.15, 0.2) is 12.1 Å². The summed E-state index contributed by atoms with van der Waals surface area (Å²) in [6.45, 7) is 15.3. The minimum atomic E-state index is -1.51. The summed E-state index contributed by atoms with van der Waals surface area (Å²) in [6.07, 6.45) is -6.24. The van der Waals surface area contributed by atoms with Gasteiger partial charge in [0.2, 0.25) is 11.8 Å². The molecule has 8 atom stereocenters. The molecule has 2 aliphatic rings. The molecule has 0 saturated carbocycles. The Balaban J connectivity index is 0.000000405. The summed E-state index contributed by atoms with van der Waals surface area (Å²) in [5, 5.41) is 43.2. The normalized spacial score (nSPS) is 23.0. The Kier molecular flexibility index (Phi) is 17.7. The summed E-state index contributed by atoms with van der Waals surface area (Å²) >= 11 is 0. The highest BCUT2D eigenvalue weighted by atomic mass is 35.5. The molecule has 58 heavy (non-hydrogen) atoms. The third-order valence-corrected chi connectivity index (χ3v) is 9.34. The lowest BCUT2D eigenvalue weighted by molar-refractivity contribution is -0.159. The Labute approximate surface area is 346 Å². The Morgan fingerprint density at radius 1 is 0.672 bits per heavy atom. The molecule has 4 rings (SSSR count). The number of carbonyl (C=O) groups is 5. The van der Waals surface area contributed by atoms with Gasteiger partial charge in [0, 0.05) is 0 Å². The van der Waals surface area contributed by atoms with E-state index in [1.807, 2.05) is 24.3 Å². The Hall–Kier alpha value is -4.32. The molecular weight excluding hydrogens is 776 g/mol. The Bertz CT molecular complexity index is 1680. The third-order valence-electron chi connectivity index (χ3n) is 9.34. The molecule has 7 N–H and O–H groups in total. The minimum Gasteiger partial charge on any atom is -0.459 e. The van der Waals surface area contributed by atoms with E-state index in [4.69, 9.17) is 19.9 Å². The first-order chi connectivity index (χ1) is 26.3. The molecule has 3 amide bonds. The first-order valence-electron chi connectivity index (χ1n) is 18.8. The van der Waals surface area contributed by atoms with Crippen molar-refractivity contribution in [3.63, 3.8) is 0 Å². The van der Waals surface area contributed by atoms with Crippen molar-refractivity contribution >= 4 is 42.3 Å². The molecule has 0 aliphatic carbocycles. The van der Waals surface area contributed by atoms with Gasteiger partial charge in [-0.25, -0.2) is 14.4 Å². The highest BCUT2D eigenvalue weighted by molar-refractivity contribution is 5.91. The van der Waals surface area contributed by atoms with Crippen molar-refractivity contribution in [3.8, 4) is 0 Å². The molecule has 2 saturated heterocycles. The molecule has 0 unspecified atom stereocenters. The van der Waals surface area contributed by atoms with Crippen LogP contribution >= 0.6 is 12.4 Å². The van der Waals surface area contributed by atoms with Gasteiger partial charge < -0.3 is 55.5 Å². The van der Waals surface area contributed by atoms with E-state index in [1.54, 1.807) is 98.7 Å². The number of β-amino-alcohol motifs (C(OH)–C–C–N with tert-alkyl or cyclic N) is 2. The number of hydrogen-bond donors (Lipinski definition) is 6. The number of halogens is 1. The van der Waals surface area contributed by atoms with Crippen molar-refractivity contribution < 1.29 is 58.6 Å². The molecule has 324 valence electrons. The first-order valence-corrected chi connectivity index (χ1v) is 18.8. The van der Waals surface area contributed by atoms with Crippen molar-refractivity contribution in [2.24, 2.45) is 16.6 Å². The number of ether oxygens (including phenoxy) is 3. The fourth-order valence-corrected chi connectivity index (χ4v) is 6.04. The molecule has 2 aromatic rings. The van der Waals surface area contributed by atoms with Crippen LogP contribution in [0.5, 0.6) is 0 Å². The Morgan fingerprint density at radius 3 is 1.40 bits per heavy atom. The van der Waals surface area contributed by atoms with Gasteiger partial charge in [-0.2, -0.15) is 0 Å². The molecule has 2 fully saturated rings. The van der Waals surface area contributed by atoms with Crippen molar-refractivity contribution in [2.75, 3.05) is 13.1 Å². The second-order valence-electron chi connectivity index (χ2n) is 17.5. The number of carbonyl (C=O) groups excluding carboxylic acids is 5. The number of nitrogens with one attached hydrogen (secondary N) is 1. The van der Waals surface area contributed by atoms with Crippen LogP contribution in [0.25, 0.3) is 0 Å². The molecule has 0 radical (unpaired) electrons. The third kappa shape index (κ3) is 13.6. The molecule has 2 heterocycles. The van der Waals surface area contributed by atoms with E-state index in [1.165, 1.54) is 0 Å². The van der Waals surface area contributed by atoms with Crippen LogP contribution in [-0.2, 0) is 46.6 Å². The van der Waals surface area contributed by atoms with Gasteiger partial charge in [0.1, 0.15) is 49.3 Å². The molecule has 2 aromatic carbocycles. The summed E-state index contributed by atoms with van der Waals surface area (Å²) in [5.41, 5.74) is 5.48. The number of nitrogens with two attached hydrogens (primary N) is 1. The molecule has 17 heteroatoms. The summed E-state index contributed by atoms with van der Waals surface area (Å²) in [6, 6.07) is 13.4. The number of rotatable bonds is 9. The molecular formula is C41H61ClN4O12. The van der Waals surface area contributed by atoms with E-state index in [9.17, 15) is 44.4 Å². The van der Waals surface area contributed by atoms with Crippen LogP contribution in [0.3, 0.4) is 0 Å². The van der Waals surface area contributed by atoms with E-state index in [0.29, 0.717) is 0 Å². The molecule has 0 spiro atoms. The van der Waals surface area contributed by atoms with Crippen LogP contribution in [-0.4, -0.2) is 127 Å².